The first kappa shape index (κ1) is 17.9. The number of anilines is 1. The minimum absolute atomic E-state index is 0.267. The van der Waals surface area contributed by atoms with E-state index in [0.29, 0.717) is 18.1 Å². The lowest BCUT2D eigenvalue weighted by Crippen LogP contribution is -2.37. The second-order valence-corrected chi connectivity index (χ2v) is 8.07. The lowest BCUT2D eigenvalue weighted by molar-refractivity contribution is 0.122. The van der Waals surface area contributed by atoms with Gasteiger partial charge in [-0.3, -0.25) is 0 Å². The summed E-state index contributed by atoms with van der Waals surface area (Å²) in [6.07, 6.45) is 0. The smallest absolute Gasteiger partial charge is 0.240 e. The Morgan fingerprint density at radius 1 is 1.04 bits per heavy atom. The van der Waals surface area contributed by atoms with Crippen LogP contribution in [0.4, 0.5) is 5.69 Å². The van der Waals surface area contributed by atoms with Crippen LogP contribution in [0.2, 0.25) is 0 Å². The van der Waals surface area contributed by atoms with Gasteiger partial charge in [-0.25, -0.2) is 13.1 Å². The minimum atomic E-state index is -3.54. The van der Waals surface area contributed by atoms with Gasteiger partial charge in [-0.15, -0.1) is 0 Å². The summed E-state index contributed by atoms with van der Waals surface area (Å²) in [5, 5.41) is 0. The van der Waals surface area contributed by atoms with Gasteiger partial charge in [0.05, 0.1) is 18.1 Å². The van der Waals surface area contributed by atoms with E-state index < -0.39 is 10.0 Å². The molecular weight excluding hydrogens is 336 g/mol. The van der Waals surface area contributed by atoms with E-state index in [1.807, 2.05) is 44.2 Å². The molecule has 1 heterocycles. The Morgan fingerprint density at radius 2 is 1.76 bits per heavy atom. The summed E-state index contributed by atoms with van der Waals surface area (Å²) >= 11 is 0. The van der Waals surface area contributed by atoms with Gasteiger partial charge in [-0.05, 0) is 48.7 Å². The van der Waals surface area contributed by atoms with E-state index >= 15 is 0 Å². The van der Waals surface area contributed by atoms with Crippen LogP contribution < -0.4 is 9.62 Å². The van der Waals surface area contributed by atoms with Crippen LogP contribution >= 0.6 is 0 Å². The third-order valence-corrected chi connectivity index (χ3v) is 5.98. The standard InChI is InChI=1S/C19H24N2O3S/c1-15-7-8-18(13-16(15)2)25(22,23)20-14-17-5-3-4-6-19(17)21-9-11-24-12-10-21/h3-8,13,20H,9-12,14H2,1-2H3. The van der Waals surface area contributed by atoms with Crippen LogP contribution in [0.5, 0.6) is 0 Å². The third kappa shape index (κ3) is 4.21. The molecule has 25 heavy (non-hydrogen) atoms. The number of nitrogens with one attached hydrogen (secondary N) is 1. The SMILES string of the molecule is Cc1ccc(S(=O)(=O)NCc2ccccc2N2CCOCC2)cc1C. The Labute approximate surface area is 149 Å². The molecule has 2 aromatic carbocycles. The van der Waals surface area contributed by atoms with Gasteiger partial charge in [-0.1, -0.05) is 24.3 Å². The fourth-order valence-corrected chi connectivity index (χ4v) is 4.00. The monoisotopic (exact) mass is 360 g/mol. The number of hydrogen-bond donors (Lipinski definition) is 1. The number of hydrogen-bond acceptors (Lipinski definition) is 4. The predicted molar refractivity (Wildman–Crippen MR) is 99.4 cm³/mol. The molecule has 0 saturated carbocycles. The zero-order valence-electron chi connectivity index (χ0n) is 14.7. The minimum Gasteiger partial charge on any atom is -0.378 e. The molecular formula is C19H24N2O3S. The third-order valence-electron chi connectivity index (χ3n) is 4.58. The first-order valence-corrected chi connectivity index (χ1v) is 9.93. The second-order valence-electron chi connectivity index (χ2n) is 6.30. The van der Waals surface area contributed by atoms with Gasteiger partial charge >= 0.3 is 0 Å². The van der Waals surface area contributed by atoms with Gasteiger partial charge in [0.25, 0.3) is 0 Å². The highest BCUT2D eigenvalue weighted by molar-refractivity contribution is 7.89. The molecule has 0 bridgehead atoms. The van der Waals surface area contributed by atoms with Crippen molar-refractivity contribution in [3.8, 4) is 0 Å². The van der Waals surface area contributed by atoms with Crippen molar-refractivity contribution in [3.63, 3.8) is 0 Å². The molecule has 1 fully saturated rings. The molecule has 0 unspecified atom stereocenters. The van der Waals surface area contributed by atoms with E-state index in [1.54, 1.807) is 12.1 Å². The first-order valence-electron chi connectivity index (χ1n) is 8.45. The summed E-state index contributed by atoms with van der Waals surface area (Å²) in [4.78, 5) is 2.54. The van der Waals surface area contributed by atoms with E-state index in [0.717, 1.165) is 35.5 Å². The molecule has 0 spiro atoms. The fraction of sp³-hybridized carbons (Fsp3) is 0.368. The van der Waals surface area contributed by atoms with Crippen molar-refractivity contribution in [2.45, 2.75) is 25.3 Å². The molecule has 0 atom stereocenters. The lowest BCUT2D eigenvalue weighted by Gasteiger charge is -2.30. The van der Waals surface area contributed by atoms with Gasteiger partial charge in [0.1, 0.15) is 0 Å². The molecule has 0 aliphatic carbocycles. The topological polar surface area (TPSA) is 58.6 Å². The van der Waals surface area contributed by atoms with Crippen molar-refractivity contribution in [1.82, 2.24) is 4.72 Å². The summed E-state index contributed by atoms with van der Waals surface area (Å²) in [7, 11) is -3.54. The maximum atomic E-state index is 12.6. The van der Waals surface area contributed by atoms with Crippen molar-refractivity contribution in [2.24, 2.45) is 0 Å². The number of aryl methyl sites for hydroxylation is 2. The Bertz CT molecular complexity index is 843. The van der Waals surface area contributed by atoms with Crippen molar-refractivity contribution in [3.05, 3.63) is 59.2 Å². The van der Waals surface area contributed by atoms with Crippen LogP contribution in [0.3, 0.4) is 0 Å². The Hall–Kier alpha value is -1.89. The van der Waals surface area contributed by atoms with Crippen molar-refractivity contribution < 1.29 is 13.2 Å². The molecule has 0 amide bonds. The molecule has 1 N–H and O–H groups in total. The lowest BCUT2D eigenvalue weighted by atomic mass is 10.1. The normalized spacial score (nSPS) is 15.4. The van der Waals surface area contributed by atoms with Crippen molar-refractivity contribution >= 4 is 15.7 Å². The number of nitrogens with zero attached hydrogens (tertiary/aromatic N) is 1. The van der Waals surface area contributed by atoms with Gasteiger partial charge in [0, 0.05) is 25.3 Å². The van der Waals surface area contributed by atoms with Crippen molar-refractivity contribution in [1.29, 1.82) is 0 Å². The van der Waals surface area contributed by atoms with Crippen LogP contribution in [0.1, 0.15) is 16.7 Å². The molecule has 3 rings (SSSR count). The van der Waals surface area contributed by atoms with Gasteiger partial charge < -0.3 is 9.64 Å². The van der Waals surface area contributed by atoms with Crippen LogP contribution in [-0.2, 0) is 21.3 Å². The van der Waals surface area contributed by atoms with Crippen LogP contribution in [0.25, 0.3) is 0 Å². The van der Waals surface area contributed by atoms with E-state index in [9.17, 15) is 8.42 Å². The molecule has 134 valence electrons. The quantitative estimate of drug-likeness (QED) is 0.890. The van der Waals surface area contributed by atoms with E-state index in [4.69, 9.17) is 4.74 Å². The van der Waals surface area contributed by atoms with E-state index in [2.05, 4.69) is 9.62 Å². The van der Waals surface area contributed by atoms with Crippen LogP contribution in [0.15, 0.2) is 47.4 Å². The maximum absolute atomic E-state index is 12.6. The number of para-hydroxylation sites is 1. The summed E-state index contributed by atoms with van der Waals surface area (Å²) in [5.74, 6) is 0. The van der Waals surface area contributed by atoms with Crippen LogP contribution in [0, 0.1) is 13.8 Å². The number of sulfonamides is 1. The summed E-state index contributed by atoms with van der Waals surface area (Å²) in [6, 6.07) is 13.1. The van der Waals surface area contributed by atoms with Gasteiger partial charge in [-0.2, -0.15) is 0 Å². The molecule has 2 aromatic rings. The Balaban J connectivity index is 1.77. The largest absolute Gasteiger partial charge is 0.378 e. The number of rotatable bonds is 5. The molecule has 0 aromatic heterocycles. The fourth-order valence-electron chi connectivity index (χ4n) is 2.91. The highest BCUT2D eigenvalue weighted by atomic mass is 32.2. The first-order chi connectivity index (χ1) is 12.0. The zero-order chi connectivity index (χ0) is 17.9. The average molecular weight is 360 g/mol. The van der Waals surface area contributed by atoms with Crippen molar-refractivity contribution in [2.75, 3.05) is 31.2 Å². The molecule has 1 aliphatic rings. The Kier molecular flexibility index (Phi) is 5.42. The number of benzene rings is 2. The molecule has 1 aliphatic heterocycles. The highest BCUT2D eigenvalue weighted by Gasteiger charge is 2.18. The highest BCUT2D eigenvalue weighted by Crippen LogP contribution is 2.22. The van der Waals surface area contributed by atoms with Crippen LogP contribution in [-0.4, -0.2) is 34.7 Å². The summed E-state index contributed by atoms with van der Waals surface area (Å²) < 4.78 is 33.4. The van der Waals surface area contributed by atoms with Gasteiger partial charge in [0.15, 0.2) is 0 Å². The summed E-state index contributed by atoms with van der Waals surface area (Å²) in [6.45, 7) is 7.19. The van der Waals surface area contributed by atoms with E-state index in [-0.39, 0.29) is 6.54 Å². The van der Waals surface area contributed by atoms with Gasteiger partial charge in [0.2, 0.25) is 10.0 Å². The van der Waals surface area contributed by atoms with E-state index in [1.165, 1.54) is 0 Å². The molecule has 1 saturated heterocycles. The maximum Gasteiger partial charge on any atom is 0.240 e. The molecule has 6 heteroatoms. The predicted octanol–water partition coefficient (Wildman–Crippen LogP) is 2.62. The Morgan fingerprint density at radius 3 is 2.48 bits per heavy atom. The molecule has 0 radical (unpaired) electrons. The molecule has 5 nitrogen and oxygen atoms in total. The number of ether oxygens (including phenoxy) is 1. The average Bonchev–Trinajstić information content (AvgIpc) is 2.63. The number of morpholine rings is 1. The summed E-state index contributed by atoms with van der Waals surface area (Å²) in [5.41, 5.74) is 4.08. The zero-order valence-corrected chi connectivity index (χ0v) is 15.5. The second kappa shape index (κ2) is 7.56.